The minimum Gasteiger partial charge on any atom is -0.464 e. The van der Waals surface area contributed by atoms with E-state index in [4.69, 9.17) is 4.42 Å². The highest BCUT2D eigenvalue weighted by molar-refractivity contribution is 5.81. The molecule has 0 spiro atoms. The molecule has 1 atom stereocenters. The standard InChI is InChI=1S/C15H16N2O2/c1-2-9-17-13(7-8-16-17)15(18)12-10-19-14-6-4-3-5-11(12)14/h3-8,10,15,18H,2,9H2,1H3. The van der Waals surface area contributed by atoms with Crippen LogP contribution in [0.5, 0.6) is 0 Å². The van der Waals surface area contributed by atoms with Crippen LogP contribution in [0.1, 0.15) is 30.7 Å². The van der Waals surface area contributed by atoms with Crippen LogP contribution in [-0.2, 0) is 6.54 Å². The van der Waals surface area contributed by atoms with Crippen molar-refractivity contribution in [2.45, 2.75) is 26.0 Å². The first-order valence-electron chi connectivity index (χ1n) is 6.47. The van der Waals surface area contributed by atoms with Gasteiger partial charge in [0.25, 0.3) is 0 Å². The third-order valence-corrected chi connectivity index (χ3v) is 3.27. The van der Waals surface area contributed by atoms with Crippen LogP contribution in [0.4, 0.5) is 0 Å². The summed E-state index contributed by atoms with van der Waals surface area (Å²) < 4.78 is 7.32. The molecule has 0 bridgehead atoms. The maximum absolute atomic E-state index is 10.6. The SMILES string of the molecule is CCCn1nccc1C(O)c1coc2ccccc12. The average Bonchev–Trinajstić information content (AvgIpc) is 3.04. The van der Waals surface area contributed by atoms with E-state index in [1.165, 1.54) is 0 Å². The molecule has 0 amide bonds. The Balaban J connectivity index is 2.03. The van der Waals surface area contributed by atoms with Gasteiger partial charge in [-0.2, -0.15) is 5.10 Å². The Bertz CT molecular complexity index is 684. The summed E-state index contributed by atoms with van der Waals surface area (Å²) in [6.45, 7) is 2.89. The van der Waals surface area contributed by atoms with Crippen LogP contribution in [0.3, 0.4) is 0 Å². The average molecular weight is 256 g/mol. The highest BCUT2D eigenvalue weighted by Crippen LogP contribution is 2.30. The van der Waals surface area contributed by atoms with E-state index < -0.39 is 6.10 Å². The summed E-state index contributed by atoms with van der Waals surface area (Å²) >= 11 is 0. The molecule has 0 saturated heterocycles. The lowest BCUT2D eigenvalue weighted by Crippen LogP contribution is -2.09. The number of para-hydroxylation sites is 1. The lowest BCUT2D eigenvalue weighted by molar-refractivity contribution is 0.207. The van der Waals surface area contributed by atoms with E-state index in [2.05, 4.69) is 12.0 Å². The van der Waals surface area contributed by atoms with Gasteiger partial charge in [-0.1, -0.05) is 25.1 Å². The Labute approximate surface area is 111 Å². The highest BCUT2D eigenvalue weighted by Gasteiger charge is 2.19. The Kier molecular flexibility index (Phi) is 3.09. The summed E-state index contributed by atoms with van der Waals surface area (Å²) in [6.07, 6.45) is 3.61. The number of aryl methyl sites for hydroxylation is 1. The van der Waals surface area contributed by atoms with Crippen LogP contribution in [0.2, 0.25) is 0 Å². The van der Waals surface area contributed by atoms with Crippen molar-refractivity contribution in [3.05, 3.63) is 54.0 Å². The third kappa shape index (κ3) is 2.04. The van der Waals surface area contributed by atoms with Gasteiger partial charge in [0.05, 0.1) is 12.0 Å². The van der Waals surface area contributed by atoms with Crippen molar-refractivity contribution >= 4 is 11.0 Å². The van der Waals surface area contributed by atoms with Crippen molar-refractivity contribution in [2.75, 3.05) is 0 Å². The predicted octanol–water partition coefficient (Wildman–Crippen LogP) is 3.12. The van der Waals surface area contributed by atoms with Gasteiger partial charge in [0.1, 0.15) is 11.7 Å². The molecule has 0 aliphatic heterocycles. The smallest absolute Gasteiger partial charge is 0.134 e. The fraction of sp³-hybridized carbons (Fsp3) is 0.267. The van der Waals surface area contributed by atoms with E-state index >= 15 is 0 Å². The second kappa shape index (κ2) is 4.90. The van der Waals surface area contributed by atoms with E-state index in [0.717, 1.165) is 35.2 Å². The molecule has 1 aromatic carbocycles. The van der Waals surface area contributed by atoms with Crippen LogP contribution < -0.4 is 0 Å². The minimum absolute atomic E-state index is 0.710. The number of fused-ring (bicyclic) bond motifs is 1. The van der Waals surface area contributed by atoms with Crippen LogP contribution in [-0.4, -0.2) is 14.9 Å². The van der Waals surface area contributed by atoms with E-state index in [9.17, 15) is 5.11 Å². The predicted molar refractivity (Wildman–Crippen MR) is 72.8 cm³/mol. The van der Waals surface area contributed by atoms with Crippen LogP contribution >= 0.6 is 0 Å². The van der Waals surface area contributed by atoms with Crippen molar-refractivity contribution in [1.29, 1.82) is 0 Å². The van der Waals surface area contributed by atoms with Crippen molar-refractivity contribution in [2.24, 2.45) is 0 Å². The molecule has 19 heavy (non-hydrogen) atoms. The highest BCUT2D eigenvalue weighted by atomic mass is 16.3. The molecule has 3 aromatic rings. The maximum atomic E-state index is 10.6. The number of hydrogen-bond acceptors (Lipinski definition) is 3. The number of aliphatic hydroxyl groups is 1. The van der Waals surface area contributed by atoms with E-state index in [1.54, 1.807) is 12.5 Å². The molecule has 1 unspecified atom stereocenters. The normalized spacial score (nSPS) is 12.9. The van der Waals surface area contributed by atoms with Crippen molar-refractivity contribution in [1.82, 2.24) is 9.78 Å². The fourth-order valence-electron chi connectivity index (χ4n) is 2.34. The number of furan rings is 1. The topological polar surface area (TPSA) is 51.2 Å². The molecule has 0 saturated carbocycles. The van der Waals surface area contributed by atoms with E-state index in [-0.39, 0.29) is 0 Å². The first-order valence-corrected chi connectivity index (χ1v) is 6.47. The Hall–Kier alpha value is -2.07. The monoisotopic (exact) mass is 256 g/mol. The van der Waals surface area contributed by atoms with Crippen molar-refractivity contribution in [3.8, 4) is 0 Å². The quantitative estimate of drug-likeness (QED) is 0.780. The lowest BCUT2D eigenvalue weighted by Gasteiger charge is -2.11. The fourth-order valence-corrected chi connectivity index (χ4v) is 2.34. The Morgan fingerprint density at radius 2 is 2.16 bits per heavy atom. The van der Waals surface area contributed by atoms with Crippen LogP contribution in [0, 0.1) is 0 Å². The Morgan fingerprint density at radius 3 is 3.00 bits per heavy atom. The molecule has 98 valence electrons. The van der Waals surface area contributed by atoms with Crippen LogP contribution in [0.15, 0.2) is 47.2 Å². The van der Waals surface area contributed by atoms with Gasteiger partial charge < -0.3 is 9.52 Å². The maximum Gasteiger partial charge on any atom is 0.134 e. The molecule has 0 aliphatic carbocycles. The van der Waals surface area contributed by atoms with Gasteiger partial charge in [-0.25, -0.2) is 0 Å². The molecule has 0 aliphatic rings. The number of hydrogen-bond donors (Lipinski definition) is 1. The summed E-state index contributed by atoms with van der Waals surface area (Å²) in [6, 6.07) is 9.57. The lowest BCUT2D eigenvalue weighted by atomic mass is 10.1. The number of rotatable bonds is 4. The second-order valence-electron chi connectivity index (χ2n) is 4.57. The van der Waals surface area contributed by atoms with Crippen molar-refractivity contribution in [3.63, 3.8) is 0 Å². The molecule has 0 fully saturated rings. The summed E-state index contributed by atoms with van der Waals surface area (Å²) in [4.78, 5) is 0. The molecule has 0 radical (unpaired) electrons. The third-order valence-electron chi connectivity index (χ3n) is 3.27. The first-order chi connectivity index (χ1) is 9.31. The van der Waals surface area contributed by atoms with Crippen molar-refractivity contribution < 1.29 is 9.52 Å². The molecular formula is C15H16N2O2. The minimum atomic E-state index is -0.710. The van der Waals surface area contributed by atoms with E-state index in [0.29, 0.717) is 0 Å². The second-order valence-corrected chi connectivity index (χ2v) is 4.57. The zero-order valence-corrected chi connectivity index (χ0v) is 10.8. The molecule has 2 aromatic heterocycles. The number of aromatic nitrogens is 2. The summed E-state index contributed by atoms with van der Waals surface area (Å²) in [5, 5.41) is 15.7. The molecule has 1 N–H and O–H groups in total. The van der Waals surface area contributed by atoms with Gasteiger partial charge in [-0.15, -0.1) is 0 Å². The largest absolute Gasteiger partial charge is 0.464 e. The van der Waals surface area contributed by atoms with Crippen LogP contribution in [0.25, 0.3) is 11.0 Å². The summed E-state index contributed by atoms with van der Waals surface area (Å²) in [7, 11) is 0. The zero-order valence-electron chi connectivity index (χ0n) is 10.8. The van der Waals surface area contributed by atoms with Gasteiger partial charge in [0.15, 0.2) is 0 Å². The number of aliphatic hydroxyl groups excluding tert-OH is 1. The van der Waals surface area contributed by atoms with E-state index in [1.807, 2.05) is 35.0 Å². The first kappa shape index (κ1) is 12.0. The summed E-state index contributed by atoms with van der Waals surface area (Å²) in [5.74, 6) is 0. The molecule has 4 heteroatoms. The molecule has 2 heterocycles. The van der Waals surface area contributed by atoms with Gasteiger partial charge in [-0.05, 0) is 18.6 Å². The summed E-state index contributed by atoms with van der Waals surface area (Å²) in [5.41, 5.74) is 2.37. The van der Waals surface area contributed by atoms with Gasteiger partial charge in [0, 0.05) is 23.7 Å². The molecular weight excluding hydrogens is 240 g/mol. The van der Waals surface area contributed by atoms with Gasteiger partial charge >= 0.3 is 0 Å². The zero-order chi connectivity index (χ0) is 13.2. The van der Waals surface area contributed by atoms with Gasteiger partial charge in [0.2, 0.25) is 0 Å². The Morgan fingerprint density at radius 1 is 1.32 bits per heavy atom. The number of nitrogens with zero attached hydrogens (tertiary/aromatic N) is 2. The van der Waals surface area contributed by atoms with Gasteiger partial charge in [-0.3, -0.25) is 4.68 Å². The molecule has 4 nitrogen and oxygen atoms in total. The molecule has 3 rings (SSSR count). The number of benzene rings is 1.